The lowest BCUT2D eigenvalue weighted by atomic mass is 10.2. The van der Waals surface area contributed by atoms with Crippen molar-refractivity contribution in [1.82, 2.24) is 4.98 Å². The molecule has 5 heteroatoms. The van der Waals surface area contributed by atoms with Crippen LogP contribution in [-0.2, 0) is 4.79 Å². The Morgan fingerprint density at radius 3 is 3.19 bits per heavy atom. The Bertz CT molecular complexity index is 453. The second kappa shape index (κ2) is 4.29. The second-order valence-electron chi connectivity index (χ2n) is 3.65. The molecule has 0 aliphatic carbocycles. The fourth-order valence-corrected chi connectivity index (χ4v) is 1.85. The molecule has 1 atom stereocenters. The molecule has 2 rings (SSSR count). The first-order chi connectivity index (χ1) is 7.76. The van der Waals surface area contributed by atoms with Crippen LogP contribution < -0.4 is 4.90 Å². The molecule has 16 heavy (non-hydrogen) atoms. The number of carbonyl (C=O) groups excluding carboxylic acids is 1. The van der Waals surface area contributed by atoms with Gasteiger partial charge in [0.05, 0.1) is 24.3 Å². The van der Waals surface area contributed by atoms with Crippen molar-refractivity contribution in [2.45, 2.75) is 18.9 Å². The standard InChI is InChI=1S/C11H11N3O2/c12-6-8-3-4-13-10(5-8)14-9(7-15)1-2-11(14)16/h3-5,9,15H,1-2,7H2/t9-/m0/s1. The van der Waals surface area contributed by atoms with E-state index in [1.165, 1.54) is 11.1 Å². The molecule has 1 saturated heterocycles. The average Bonchev–Trinajstić information content (AvgIpc) is 2.70. The average molecular weight is 217 g/mol. The Morgan fingerprint density at radius 1 is 1.69 bits per heavy atom. The second-order valence-corrected chi connectivity index (χ2v) is 3.65. The van der Waals surface area contributed by atoms with Gasteiger partial charge in [0.25, 0.3) is 0 Å². The van der Waals surface area contributed by atoms with Crippen LogP contribution in [0.3, 0.4) is 0 Å². The quantitative estimate of drug-likeness (QED) is 0.779. The third-order valence-corrected chi connectivity index (χ3v) is 2.66. The highest BCUT2D eigenvalue weighted by molar-refractivity contribution is 5.95. The monoisotopic (exact) mass is 217 g/mol. The molecule has 0 aromatic carbocycles. The first-order valence-electron chi connectivity index (χ1n) is 5.05. The summed E-state index contributed by atoms with van der Waals surface area (Å²) in [5, 5.41) is 17.9. The molecule has 2 heterocycles. The smallest absolute Gasteiger partial charge is 0.228 e. The summed E-state index contributed by atoms with van der Waals surface area (Å²) in [6, 6.07) is 4.93. The van der Waals surface area contributed by atoms with Crippen LogP contribution in [-0.4, -0.2) is 28.6 Å². The first kappa shape index (κ1) is 10.6. The number of aromatic nitrogens is 1. The van der Waals surface area contributed by atoms with Crippen molar-refractivity contribution in [3.05, 3.63) is 23.9 Å². The molecule has 0 saturated carbocycles. The van der Waals surface area contributed by atoms with Gasteiger partial charge in [0.2, 0.25) is 5.91 Å². The Hall–Kier alpha value is -1.93. The number of nitriles is 1. The Kier molecular flexibility index (Phi) is 2.84. The van der Waals surface area contributed by atoms with Crippen LogP contribution in [0.25, 0.3) is 0 Å². The summed E-state index contributed by atoms with van der Waals surface area (Å²) < 4.78 is 0. The highest BCUT2D eigenvalue weighted by Gasteiger charge is 2.32. The topological polar surface area (TPSA) is 77.2 Å². The van der Waals surface area contributed by atoms with Crippen LogP contribution in [0, 0.1) is 11.3 Å². The maximum atomic E-state index is 11.6. The van der Waals surface area contributed by atoms with Crippen molar-refractivity contribution < 1.29 is 9.90 Å². The minimum absolute atomic E-state index is 0.0540. The van der Waals surface area contributed by atoms with E-state index in [1.807, 2.05) is 6.07 Å². The van der Waals surface area contributed by atoms with Gasteiger partial charge in [-0.25, -0.2) is 4.98 Å². The number of aliphatic hydroxyl groups excluding tert-OH is 1. The maximum Gasteiger partial charge on any atom is 0.228 e. The number of carbonyl (C=O) groups is 1. The molecule has 82 valence electrons. The highest BCUT2D eigenvalue weighted by Crippen LogP contribution is 2.24. The number of nitrogens with zero attached hydrogens (tertiary/aromatic N) is 3. The summed E-state index contributed by atoms with van der Waals surface area (Å²) in [4.78, 5) is 17.2. The molecular formula is C11H11N3O2. The van der Waals surface area contributed by atoms with Crippen molar-refractivity contribution in [3.8, 4) is 6.07 Å². The molecule has 0 bridgehead atoms. The summed E-state index contributed by atoms with van der Waals surface area (Å²) in [5.74, 6) is 0.391. The summed E-state index contributed by atoms with van der Waals surface area (Å²) >= 11 is 0. The molecule has 0 spiro atoms. The number of aliphatic hydroxyl groups is 1. The summed E-state index contributed by atoms with van der Waals surface area (Å²) in [7, 11) is 0. The van der Waals surface area contributed by atoms with Gasteiger partial charge in [-0.15, -0.1) is 0 Å². The van der Waals surface area contributed by atoms with E-state index in [2.05, 4.69) is 4.98 Å². The van der Waals surface area contributed by atoms with Gasteiger partial charge in [-0.2, -0.15) is 5.26 Å². The van der Waals surface area contributed by atoms with E-state index < -0.39 is 0 Å². The number of anilines is 1. The van der Waals surface area contributed by atoms with Gasteiger partial charge in [-0.3, -0.25) is 9.69 Å². The number of amides is 1. The number of pyridine rings is 1. The zero-order valence-electron chi connectivity index (χ0n) is 8.63. The number of rotatable bonds is 2. The van der Waals surface area contributed by atoms with Crippen molar-refractivity contribution in [1.29, 1.82) is 5.26 Å². The highest BCUT2D eigenvalue weighted by atomic mass is 16.3. The van der Waals surface area contributed by atoms with Crippen molar-refractivity contribution >= 4 is 11.7 Å². The van der Waals surface area contributed by atoms with Crippen molar-refractivity contribution in [2.75, 3.05) is 11.5 Å². The predicted octanol–water partition coefficient (Wildman–Crippen LogP) is 0.441. The van der Waals surface area contributed by atoms with Gasteiger partial charge in [0.15, 0.2) is 0 Å². The van der Waals surface area contributed by atoms with Gasteiger partial charge < -0.3 is 5.11 Å². The summed E-state index contributed by atoms with van der Waals surface area (Å²) in [6.45, 7) is -0.0792. The molecule has 1 N–H and O–H groups in total. The minimum atomic E-state index is -0.214. The van der Waals surface area contributed by atoms with Crippen LogP contribution >= 0.6 is 0 Å². The van der Waals surface area contributed by atoms with E-state index in [0.29, 0.717) is 24.2 Å². The minimum Gasteiger partial charge on any atom is -0.394 e. The molecule has 1 fully saturated rings. The number of hydrogen-bond donors (Lipinski definition) is 1. The van der Waals surface area contributed by atoms with E-state index in [0.717, 1.165) is 0 Å². The lowest BCUT2D eigenvalue weighted by molar-refractivity contribution is -0.117. The zero-order valence-corrected chi connectivity index (χ0v) is 8.63. The first-order valence-corrected chi connectivity index (χ1v) is 5.05. The maximum absolute atomic E-state index is 11.6. The SMILES string of the molecule is N#Cc1ccnc(N2C(=O)CC[C@H]2CO)c1. The van der Waals surface area contributed by atoms with Crippen LogP contribution in [0.5, 0.6) is 0 Å². The summed E-state index contributed by atoms with van der Waals surface area (Å²) in [6.07, 6.45) is 2.55. The van der Waals surface area contributed by atoms with Crippen LogP contribution in [0.15, 0.2) is 18.3 Å². The lowest BCUT2D eigenvalue weighted by Gasteiger charge is -2.21. The molecule has 1 aromatic rings. The van der Waals surface area contributed by atoms with Gasteiger partial charge in [-0.05, 0) is 18.6 Å². The molecule has 1 aliphatic rings. The zero-order chi connectivity index (χ0) is 11.5. The molecule has 5 nitrogen and oxygen atoms in total. The predicted molar refractivity (Wildman–Crippen MR) is 56.5 cm³/mol. The summed E-state index contributed by atoms with van der Waals surface area (Å²) in [5.41, 5.74) is 0.460. The molecule has 1 aromatic heterocycles. The molecule has 0 unspecified atom stereocenters. The van der Waals surface area contributed by atoms with Gasteiger partial charge in [-0.1, -0.05) is 0 Å². The lowest BCUT2D eigenvalue weighted by Crippen LogP contribution is -2.35. The molecule has 0 radical (unpaired) electrons. The van der Waals surface area contributed by atoms with E-state index in [9.17, 15) is 4.79 Å². The largest absolute Gasteiger partial charge is 0.394 e. The van der Waals surface area contributed by atoms with Gasteiger partial charge >= 0.3 is 0 Å². The van der Waals surface area contributed by atoms with Crippen LogP contribution in [0.4, 0.5) is 5.82 Å². The Balaban J connectivity index is 2.35. The van der Waals surface area contributed by atoms with E-state index in [4.69, 9.17) is 10.4 Å². The van der Waals surface area contributed by atoms with E-state index >= 15 is 0 Å². The van der Waals surface area contributed by atoms with Crippen LogP contribution in [0.2, 0.25) is 0 Å². The molecular weight excluding hydrogens is 206 g/mol. The molecule has 1 amide bonds. The van der Waals surface area contributed by atoms with E-state index in [1.54, 1.807) is 12.1 Å². The van der Waals surface area contributed by atoms with E-state index in [-0.39, 0.29) is 18.6 Å². The van der Waals surface area contributed by atoms with Crippen molar-refractivity contribution in [2.24, 2.45) is 0 Å². The fraction of sp³-hybridized carbons (Fsp3) is 0.364. The normalized spacial score (nSPS) is 19.9. The Labute approximate surface area is 92.9 Å². The fourth-order valence-electron chi connectivity index (χ4n) is 1.85. The van der Waals surface area contributed by atoms with Gasteiger partial charge in [0, 0.05) is 12.6 Å². The third-order valence-electron chi connectivity index (χ3n) is 2.66. The Morgan fingerprint density at radius 2 is 2.50 bits per heavy atom. The third kappa shape index (κ3) is 1.75. The van der Waals surface area contributed by atoms with Crippen LogP contribution in [0.1, 0.15) is 18.4 Å². The number of hydrogen-bond acceptors (Lipinski definition) is 4. The van der Waals surface area contributed by atoms with Crippen molar-refractivity contribution in [3.63, 3.8) is 0 Å². The molecule has 1 aliphatic heterocycles. The van der Waals surface area contributed by atoms with Gasteiger partial charge in [0.1, 0.15) is 5.82 Å².